The first-order valence-electron chi connectivity index (χ1n) is 9.97. The molecule has 0 saturated carbocycles. The molecular formula is C23H26FIN4O3. The number of guanidine groups is 1. The number of nitrogens with zero attached hydrogens (tertiary/aromatic N) is 1. The summed E-state index contributed by atoms with van der Waals surface area (Å²) < 4.78 is 25.3. The highest BCUT2D eigenvalue weighted by Crippen LogP contribution is 2.25. The molecule has 0 saturated heterocycles. The SMILES string of the molecule is CCNC(=NCc1ccc(C(N)=O)o1)NCCc1ccc(Oc2ccccc2)c(F)c1.I. The second-order valence-electron chi connectivity index (χ2n) is 6.68. The van der Waals surface area contributed by atoms with Crippen LogP contribution in [-0.4, -0.2) is 25.0 Å². The Hall–Kier alpha value is -3.08. The lowest BCUT2D eigenvalue weighted by Gasteiger charge is -2.12. The average Bonchev–Trinajstić information content (AvgIpc) is 3.24. The first-order valence-corrected chi connectivity index (χ1v) is 9.97. The fraction of sp³-hybridized carbons (Fsp3) is 0.217. The Morgan fingerprint density at radius 1 is 1.12 bits per heavy atom. The van der Waals surface area contributed by atoms with Crippen molar-refractivity contribution in [3.63, 3.8) is 0 Å². The Bertz CT molecular complexity index is 1040. The maximum Gasteiger partial charge on any atom is 0.284 e. The summed E-state index contributed by atoms with van der Waals surface area (Å²) in [5.74, 6) is 0.960. The van der Waals surface area contributed by atoms with Gasteiger partial charge in [-0.25, -0.2) is 9.38 Å². The van der Waals surface area contributed by atoms with Crippen molar-refractivity contribution in [1.29, 1.82) is 0 Å². The minimum atomic E-state index is -0.618. The van der Waals surface area contributed by atoms with E-state index in [1.165, 1.54) is 12.1 Å². The number of halogens is 2. The Morgan fingerprint density at radius 3 is 2.56 bits per heavy atom. The van der Waals surface area contributed by atoms with Gasteiger partial charge in [0.05, 0.1) is 0 Å². The molecule has 9 heteroatoms. The summed E-state index contributed by atoms with van der Waals surface area (Å²) in [6.45, 7) is 3.43. The van der Waals surface area contributed by atoms with Crippen molar-refractivity contribution in [3.05, 3.63) is 83.6 Å². The Labute approximate surface area is 203 Å². The number of ether oxygens (including phenoxy) is 1. The Balaban J connectivity index is 0.00000363. The molecule has 0 fully saturated rings. The van der Waals surface area contributed by atoms with Crippen LogP contribution in [0.25, 0.3) is 0 Å². The smallest absolute Gasteiger partial charge is 0.284 e. The van der Waals surface area contributed by atoms with Crippen LogP contribution in [0.3, 0.4) is 0 Å². The quantitative estimate of drug-likeness (QED) is 0.210. The summed E-state index contributed by atoms with van der Waals surface area (Å²) in [6, 6.07) is 17.2. The molecule has 0 spiro atoms. The number of hydrogen-bond acceptors (Lipinski definition) is 4. The molecule has 0 aliphatic rings. The number of nitrogens with one attached hydrogen (secondary N) is 2. The fourth-order valence-electron chi connectivity index (χ4n) is 2.82. The number of primary amides is 1. The van der Waals surface area contributed by atoms with Gasteiger partial charge in [0.15, 0.2) is 23.3 Å². The van der Waals surface area contributed by atoms with Crippen molar-refractivity contribution >= 4 is 35.8 Å². The van der Waals surface area contributed by atoms with Gasteiger partial charge in [0.2, 0.25) is 0 Å². The summed E-state index contributed by atoms with van der Waals surface area (Å²) in [4.78, 5) is 15.5. The molecule has 0 unspecified atom stereocenters. The maximum absolute atomic E-state index is 14.4. The predicted molar refractivity (Wildman–Crippen MR) is 132 cm³/mol. The normalized spacial score (nSPS) is 10.9. The van der Waals surface area contributed by atoms with Gasteiger partial charge in [-0.1, -0.05) is 24.3 Å². The summed E-state index contributed by atoms with van der Waals surface area (Å²) in [6.07, 6.45) is 0.597. The monoisotopic (exact) mass is 552 g/mol. The van der Waals surface area contributed by atoms with E-state index in [0.717, 1.165) is 5.56 Å². The molecule has 1 heterocycles. The van der Waals surface area contributed by atoms with Gasteiger partial charge in [-0.3, -0.25) is 4.79 Å². The van der Waals surface area contributed by atoms with Gasteiger partial charge in [-0.15, -0.1) is 24.0 Å². The lowest BCUT2D eigenvalue weighted by molar-refractivity contribution is 0.0972. The lowest BCUT2D eigenvalue weighted by atomic mass is 10.1. The molecule has 0 aliphatic heterocycles. The molecule has 0 aliphatic carbocycles. The van der Waals surface area contributed by atoms with Gasteiger partial charge in [-0.05, 0) is 55.3 Å². The second kappa shape index (κ2) is 12.7. The van der Waals surface area contributed by atoms with Gasteiger partial charge >= 0.3 is 0 Å². The van der Waals surface area contributed by atoms with Gasteiger partial charge in [0.25, 0.3) is 5.91 Å². The maximum atomic E-state index is 14.4. The van der Waals surface area contributed by atoms with Crippen molar-refractivity contribution < 1.29 is 18.3 Å². The van der Waals surface area contributed by atoms with Gasteiger partial charge in [-0.2, -0.15) is 0 Å². The molecule has 2 aromatic carbocycles. The van der Waals surface area contributed by atoms with Crippen molar-refractivity contribution in [2.45, 2.75) is 19.9 Å². The number of rotatable bonds is 9. The standard InChI is InChI=1S/C23H25FN4O3.HI/c1-2-26-23(28-15-18-9-11-21(31-18)22(25)29)27-13-12-16-8-10-20(19(24)14-16)30-17-6-4-3-5-7-17;/h3-11,14H,2,12-13,15H2,1H3,(H2,25,29)(H2,26,27,28);1H. The van der Waals surface area contributed by atoms with Crippen molar-refractivity contribution in [2.75, 3.05) is 13.1 Å². The topological polar surface area (TPSA) is 102 Å². The minimum Gasteiger partial charge on any atom is -0.454 e. The molecule has 4 N–H and O–H groups in total. The van der Waals surface area contributed by atoms with Crippen LogP contribution in [0.2, 0.25) is 0 Å². The third-order valence-corrected chi connectivity index (χ3v) is 4.32. The number of hydrogen-bond donors (Lipinski definition) is 3. The molecule has 3 rings (SSSR count). The molecule has 0 bridgehead atoms. The molecule has 170 valence electrons. The van der Waals surface area contributed by atoms with E-state index in [2.05, 4.69) is 15.6 Å². The van der Waals surface area contributed by atoms with Gasteiger partial charge in [0, 0.05) is 13.1 Å². The predicted octanol–water partition coefficient (Wildman–Crippen LogP) is 4.23. The highest BCUT2D eigenvalue weighted by atomic mass is 127. The number of furan rings is 1. The Morgan fingerprint density at radius 2 is 1.91 bits per heavy atom. The van der Waals surface area contributed by atoms with Crippen LogP contribution in [0.1, 0.15) is 28.8 Å². The summed E-state index contributed by atoms with van der Waals surface area (Å²) in [7, 11) is 0. The first-order chi connectivity index (χ1) is 15.0. The van der Waals surface area contributed by atoms with Crippen LogP contribution >= 0.6 is 24.0 Å². The lowest BCUT2D eigenvalue weighted by Crippen LogP contribution is -2.38. The largest absolute Gasteiger partial charge is 0.454 e. The van der Waals surface area contributed by atoms with Gasteiger partial charge < -0.3 is 25.5 Å². The van der Waals surface area contributed by atoms with Crippen LogP contribution in [0.4, 0.5) is 4.39 Å². The van der Waals surface area contributed by atoms with E-state index < -0.39 is 11.7 Å². The van der Waals surface area contributed by atoms with E-state index in [1.807, 2.05) is 31.2 Å². The van der Waals surface area contributed by atoms with Crippen molar-refractivity contribution in [2.24, 2.45) is 10.7 Å². The fourth-order valence-corrected chi connectivity index (χ4v) is 2.82. The number of nitrogens with two attached hydrogens (primary N) is 1. The van der Waals surface area contributed by atoms with Crippen molar-refractivity contribution in [1.82, 2.24) is 10.6 Å². The molecule has 0 radical (unpaired) electrons. The second-order valence-corrected chi connectivity index (χ2v) is 6.68. The van der Waals surface area contributed by atoms with E-state index in [4.69, 9.17) is 14.9 Å². The van der Waals surface area contributed by atoms with E-state index in [0.29, 0.717) is 37.0 Å². The molecule has 32 heavy (non-hydrogen) atoms. The third-order valence-electron chi connectivity index (χ3n) is 4.32. The number of carbonyl (C=O) groups excluding carboxylic acids is 1. The van der Waals surface area contributed by atoms with E-state index in [9.17, 15) is 9.18 Å². The molecule has 1 amide bonds. The minimum absolute atomic E-state index is 0. The van der Waals surface area contributed by atoms with E-state index in [1.54, 1.807) is 24.3 Å². The first kappa shape index (κ1) is 25.2. The highest BCUT2D eigenvalue weighted by molar-refractivity contribution is 14.0. The summed E-state index contributed by atoms with van der Waals surface area (Å²) >= 11 is 0. The van der Waals surface area contributed by atoms with Crippen LogP contribution in [0, 0.1) is 5.82 Å². The molecule has 0 atom stereocenters. The highest BCUT2D eigenvalue weighted by Gasteiger charge is 2.08. The summed E-state index contributed by atoms with van der Waals surface area (Å²) in [5.41, 5.74) is 6.01. The number of para-hydroxylation sites is 1. The molecule has 3 aromatic rings. The number of carbonyl (C=O) groups is 1. The molecule has 7 nitrogen and oxygen atoms in total. The van der Waals surface area contributed by atoms with Crippen LogP contribution in [-0.2, 0) is 13.0 Å². The zero-order valence-corrected chi connectivity index (χ0v) is 20.0. The number of aliphatic imine (C=N–C) groups is 1. The number of benzene rings is 2. The Kier molecular flexibility index (Phi) is 9.99. The summed E-state index contributed by atoms with van der Waals surface area (Å²) in [5, 5.41) is 6.32. The molecule has 1 aromatic heterocycles. The van der Waals surface area contributed by atoms with Crippen LogP contribution in [0.15, 0.2) is 70.1 Å². The third kappa shape index (κ3) is 7.56. The average molecular weight is 552 g/mol. The van der Waals surface area contributed by atoms with E-state index in [-0.39, 0.29) is 42.0 Å². The van der Waals surface area contributed by atoms with E-state index >= 15 is 0 Å². The molecular weight excluding hydrogens is 526 g/mol. The zero-order valence-electron chi connectivity index (χ0n) is 17.6. The number of amides is 1. The van der Waals surface area contributed by atoms with Crippen molar-refractivity contribution in [3.8, 4) is 11.5 Å². The zero-order chi connectivity index (χ0) is 22.1. The van der Waals surface area contributed by atoms with Crippen LogP contribution < -0.4 is 21.1 Å². The van der Waals surface area contributed by atoms with Gasteiger partial charge in [0.1, 0.15) is 18.1 Å². The van der Waals surface area contributed by atoms with Crippen LogP contribution in [0.5, 0.6) is 11.5 Å².